The minimum atomic E-state index is -1.01. The number of nitrogens with two attached hydrogens (primary N) is 2. The maximum atomic E-state index is 13.1. The standard InChI is InChI=1S/C23H28N6O2/c1-23(2,31)15-6-5-14-10-17(25)21(27-18(14)11-15)22(30)28-19-12-26-8-7-20(19)29-9-3-4-16(24)13-29/h5-8,10-12,16,31H,3-4,9,13,24-25H2,1-2H3,(H,28,30). The van der Waals surface area contributed by atoms with Crippen molar-refractivity contribution in [3.8, 4) is 0 Å². The van der Waals surface area contributed by atoms with E-state index in [1.807, 2.05) is 18.2 Å². The van der Waals surface area contributed by atoms with E-state index in [4.69, 9.17) is 11.5 Å². The lowest BCUT2D eigenvalue weighted by molar-refractivity contribution is 0.0787. The van der Waals surface area contributed by atoms with Crippen molar-refractivity contribution in [2.24, 2.45) is 5.73 Å². The van der Waals surface area contributed by atoms with Crippen molar-refractivity contribution in [3.05, 3.63) is 54.0 Å². The fraction of sp³-hybridized carbons (Fsp3) is 0.348. The number of anilines is 3. The van der Waals surface area contributed by atoms with Crippen LogP contribution in [0.2, 0.25) is 0 Å². The Morgan fingerprint density at radius 1 is 1.29 bits per heavy atom. The third-order valence-electron chi connectivity index (χ3n) is 5.61. The number of pyridine rings is 2. The number of benzene rings is 1. The van der Waals surface area contributed by atoms with Crippen molar-refractivity contribution in [2.75, 3.05) is 29.0 Å². The van der Waals surface area contributed by atoms with Gasteiger partial charge in [0.15, 0.2) is 5.69 Å². The van der Waals surface area contributed by atoms with Gasteiger partial charge in [0.1, 0.15) is 0 Å². The molecule has 6 N–H and O–H groups in total. The van der Waals surface area contributed by atoms with Crippen molar-refractivity contribution in [3.63, 3.8) is 0 Å². The highest BCUT2D eigenvalue weighted by molar-refractivity contribution is 6.09. The van der Waals surface area contributed by atoms with Crippen LogP contribution in [0.15, 0.2) is 42.7 Å². The lowest BCUT2D eigenvalue weighted by atomic mass is 9.97. The van der Waals surface area contributed by atoms with E-state index >= 15 is 0 Å². The zero-order chi connectivity index (χ0) is 22.2. The molecule has 0 spiro atoms. The Morgan fingerprint density at radius 2 is 2.10 bits per heavy atom. The van der Waals surface area contributed by atoms with Crippen LogP contribution in [0, 0.1) is 0 Å². The summed E-state index contributed by atoms with van der Waals surface area (Å²) in [5.74, 6) is -0.413. The summed E-state index contributed by atoms with van der Waals surface area (Å²) in [5.41, 5.74) is 14.4. The number of hydrogen-bond donors (Lipinski definition) is 4. The van der Waals surface area contributed by atoms with E-state index in [9.17, 15) is 9.90 Å². The van der Waals surface area contributed by atoms with Gasteiger partial charge in [-0.1, -0.05) is 12.1 Å². The van der Waals surface area contributed by atoms with E-state index in [1.54, 1.807) is 38.4 Å². The van der Waals surface area contributed by atoms with Crippen LogP contribution in [0.4, 0.5) is 17.1 Å². The molecule has 2 aromatic heterocycles. The van der Waals surface area contributed by atoms with E-state index < -0.39 is 11.5 Å². The normalized spacial score (nSPS) is 17.0. The summed E-state index contributed by atoms with van der Waals surface area (Å²) in [5, 5.41) is 14.0. The Morgan fingerprint density at radius 3 is 2.84 bits per heavy atom. The first-order valence-corrected chi connectivity index (χ1v) is 10.4. The number of fused-ring (bicyclic) bond motifs is 1. The first kappa shape index (κ1) is 21.0. The largest absolute Gasteiger partial charge is 0.397 e. The van der Waals surface area contributed by atoms with Gasteiger partial charge >= 0.3 is 0 Å². The molecule has 0 saturated carbocycles. The summed E-state index contributed by atoms with van der Waals surface area (Å²) >= 11 is 0. The van der Waals surface area contributed by atoms with Crippen LogP contribution in [0.5, 0.6) is 0 Å². The van der Waals surface area contributed by atoms with Crippen molar-refractivity contribution < 1.29 is 9.90 Å². The van der Waals surface area contributed by atoms with E-state index in [0.29, 0.717) is 16.8 Å². The Hall–Kier alpha value is -3.23. The molecule has 0 radical (unpaired) electrons. The number of aliphatic hydroxyl groups is 1. The summed E-state index contributed by atoms with van der Waals surface area (Å²) in [4.78, 5) is 23.9. The summed E-state index contributed by atoms with van der Waals surface area (Å²) < 4.78 is 0. The molecule has 1 aliphatic heterocycles. The monoisotopic (exact) mass is 420 g/mol. The SMILES string of the molecule is CC(C)(O)c1ccc2cc(N)c(C(=O)Nc3cnccc3N3CCCC(N)C3)nc2c1. The molecular weight excluding hydrogens is 392 g/mol. The van der Waals surface area contributed by atoms with Crippen LogP contribution in [0.25, 0.3) is 10.9 Å². The number of carbonyl (C=O) groups is 1. The van der Waals surface area contributed by atoms with E-state index in [1.165, 1.54) is 0 Å². The molecule has 1 aliphatic rings. The molecule has 31 heavy (non-hydrogen) atoms. The predicted octanol–water partition coefficient (Wildman–Crippen LogP) is 2.62. The van der Waals surface area contributed by atoms with Gasteiger partial charge in [-0.3, -0.25) is 9.78 Å². The molecule has 0 aliphatic carbocycles. The summed E-state index contributed by atoms with van der Waals surface area (Å²) in [6.45, 7) is 5.00. The first-order chi connectivity index (χ1) is 14.7. The van der Waals surface area contributed by atoms with Gasteiger partial charge in [0, 0.05) is 30.7 Å². The number of aromatic nitrogens is 2. The molecule has 4 rings (SSSR count). The fourth-order valence-electron chi connectivity index (χ4n) is 3.92. The smallest absolute Gasteiger partial charge is 0.276 e. The molecule has 3 heterocycles. The average Bonchev–Trinajstić information content (AvgIpc) is 2.72. The molecule has 8 nitrogen and oxygen atoms in total. The topological polar surface area (TPSA) is 130 Å². The zero-order valence-electron chi connectivity index (χ0n) is 17.8. The van der Waals surface area contributed by atoms with Gasteiger partial charge in [-0.25, -0.2) is 4.98 Å². The summed E-state index contributed by atoms with van der Waals surface area (Å²) in [7, 11) is 0. The second-order valence-corrected chi connectivity index (χ2v) is 8.59. The average molecular weight is 421 g/mol. The third-order valence-corrected chi connectivity index (χ3v) is 5.61. The van der Waals surface area contributed by atoms with Gasteiger partial charge in [0.25, 0.3) is 5.91 Å². The Kier molecular flexibility index (Phi) is 5.51. The number of nitrogens with one attached hydrogen (secondary N) is 1. The molecule has 8 heteroatoms. The van der Waals surface area contributed by atoms with E-state index in [-0.39, 0.29) is 17.4 Å². The molecule has 1 unspecified atom stereocenters. The van der Waals surface area contributed by atoms with Crippen LogP contribution in [0.1, 0.15) is 42.7 Å². The van der Waals surface area contributed by atoms with E-state index in [0.717, 1.165) is 37.0 Å². The Labute approximate surface area is 181 Å². The number of carbonyl (C=O) groups excluding carboxylic acids is 1. The van der Waals surface area contributed by atoms with Crippen LogP contribution in [-0.2, 0) is 5.60 Å². The maximum absolute atomic E-state index is 13.1. The lowest BCUT2D eigenvalue weighted by Crippen LogP contribution is -2.43. The number of amides is 1. The zero-order valence-corrected chi connectivity index (χ0v) is 17.8. The third kappa shape index (κ3) is 4.45. The predicted molar refractivity (Wildman–Crippen MR) is 123 cm³/mol. The minimum absolute atomic E-state index is 0.105. The van der Waals surface area contributed by atoms with Crippen LogP contribution >= 0.6 is 0 Å². The number of hydrogen-bond acceptors (Lipinski definition) is 7. The Bertz CT molecular complexity index is 1120. The molecule has 3 aromatic rings. The highest BCUT2D eigenvalue weighted by atomic mass is 16.3. The molecule has 1 amide bonds. The van der Waals surface area contributed by atoms with Crippen LogP contribution < -0.4 is 21.7 Å². The van der Waals surface area contributed by atoms with Crippen molar-refractivity contribution in [2.45, 2.75) is 38.3 Å². The highest BCUT2D eigenvalue weighted by Gasteiger charge is 2.22. The van der Waals surface area contributed by atoms with Crippen molar-refractivity contribution in [1.82, 2.24) is 9.97 Å². The summed E-state index contributed by atoms with van der Waals surface area (Å²) in [6.07, 6.45) is 5.32. The van der Waals surface area contributed by atoms with Gasteiger partial charge in [-0.05, 0) is 50.5 Å². The molecule has 1 atom stereocenters. The molecule has 162 valence electrons. The maximum Gasteiger partial charge on any atom is 0.276 e. The molecule has 1 saturated heterocycles. The Balaban J connectivity index is 1.65. The lowest BCUT2D eigenvalue weighted by Gasteiger charge is -2.33. The molecular formula is C23H28N6O2. The quantitative estimate of drug-likeness (QED) is 0.510. The first-order valence-electron chi connectivity index (χ1n) is 10.4. The number of nitrogens with zero attached hydrogens (tertiary/aromatic N) is 3. The van der Waals surface area contributed by atoms with Gasteiger partial charge in [-0.15, -0.1) is 0 Å². The van der Waals surface area contributed by atoms with E-state index in [2.05, 4.69) is 20.2 Å². The van der Waals surface area contributed by atoms with Crippen LogP contribution in [0.3, 0.4) is 0 Å². The van der Waals surface area contributed by atoms with Crippen molar-refractivity contribution >= 4 is 33.9 Å². The molecule has 0 bridgehead atoms. The second-order valence-electron chi connectivity index (χ2n) is 8.59. The van der Waals surface area contributed by atoms with Crippen LogP contribution in [-0.4, -0.2) is 40.1 Å². The van der Waals surface area contributed by atoms with Crippen molar-refractivity contribution in [1.29, 1.82) is 0 Å². The number of piperidine rings is 1. The fourth-order valence-corrected chi connectivity index (χ4v) is 3.92. The van der Waals surface area contributed by atoms with Gasteiger partial charge in [0.05, 0.1) is 34.4 Å². The molecule has 1 aromatic carbocycles. The van der Waals surface area contributed by atoms with Gasteiger partial charge in [0.2, 0.25) is 0 Å². The van der Waals surface area contributed by atoms with Gasteiger partial charge < -0.3 is 26.8 Å². The van der Waals surface area contributed by atoms with Gasteiger partial charge in [-0.2, -0.15) is 0 Å². The number of nitrogen functional groups attached to an aromatic ring is 1. The summed E-state index contributed by atoms with van der Waals surface area (Å²) in [6, 6.07) is 9.14. The second kappa shape index (κ2) is 8.13. The minimum Gasteiger partial charge on any atom is -0.397 e. The molecule has 1 fully saturated rings. The highest BCUT2D eigenvalue weighted by Crippen LogP contribution is 2.29. The number of rotatable bonds is 4.